The monoisotopic (exact) mass is 423 g/mol. The first-order valence-electron chi connectivity index (χ1n) is 9.24. The number of anilines is 1. The zero-order valence-corrected chi connectivity index (χ0v) is 16.2. The highest BCUT2D eigenvalue weighted by Crippen LogP contribution is 2.34. The molecule has 1 aromatic heterocycles. The predicted molar refractivity (Wildman–Crippen MR) is 97.1 cm³/mol. The molecule has 0 bridgehead atoms. The molecule has 0 saturated carbocycles. The summed E-state index contributed by atoms with van der Waals surface area (Å²) in [6.45, 7) is 3.25. The summed E-state index contributed by atoms with van der Waals surface area (Å²) < 4.78 is 22.7. The summed E-state index contributed by atoms with van der Waals surface area (Å²) in [5, 5.41) is 8.89. The second-order valence-corrected chi connectivity index (χ2v) is 6.76. The minimum atomic E-state index is -1.21. The number of hydrogen-bond donors (Lipinski definition) is 2. The van der Waals surface area contributed by atoms with E-state index in [-0.39, 0.29) is 18.3 Å². The molecule has 0 amide bonds. The first-order valence-corrected chi connectivity index (χ1v) is 9.24. The second kappa shape index (κ2) is 9.05. The molecule has 3 heterocycles. The molecule has 2 N–H and O–H groups in total. The Morgan fingerprint density at radius 2 is 1.93 bits per heavy atom. The molecule has 162 valence electrons. The molecule has 1 fully saturated rings. The van der Waals surface area contributed by atoms with E-state index in [1.165, 1.54) is 12.3 Å². The van der Waals surface area contributed by atoms with Gasteiger partial charge in [-0.1, -0.05) is 13.8 Å². The summed E-state index contributed by atoms with van der Waals surface area (Å²) in [6, 6.07) is 1.28. The number of esters is 3. The van der Waals surface area contributed by atoms with Crippen molar-refractivity contribution in [2.75, 3.05) is 12.1 Å². The fraction of sp³-hybridized carbons (Fsp3) is 0.500. The van der Waals surface area contributed by atoms with E-state index in [0.29, 0.717) is 6.42 Å². The third-order valence-electron chi connectivity index (χ3n) is 4.77. The molecule has 5 atom stereocenters. The van der Waals surface area contributed by atoms with Gasteiger partial charge in [0.25, 0.3) is 0 Å². The third kappa shape index (κ3) is 4.49. The average molecular weight is 423 g/mol. The lowest BCUT2D eigenvalue weighted by atomic mass is 10.1. The normalized spacial score (nSPS) is 27.7. The van der Waals surface area contributed by atoms with Crippen molar-refractivity contribution < 1.29 is 38.5 Å². The minimum Gasteiger partial charge on any atom is -0.463 e. The van der Waals surface area contributed by atoms with Crippen LogP contribution in [0.15, 0.2) is 29.2 Å². The number of carbonyl (C=O) groups excluding carboxylic acids is 3. The molecule has 3 rings (SSSR count). The summed E-state index contributed by atoms with van der Waals surface area (Å²) in [4.78, 5) is 51.9. The van der Waals surface area contributed by atoms with Crippen LogP contribution in [0.2, 0.25) is 0 Å². The Morgan fingerprint density at radius 1 is 1.27 bits per heavy atom. The largest absolute Gasteiger partial charge is 0.463 e. The number of aromatic nitrogens is 2. The first-order chi connectivity index (χ1) is 14.3. The van der Waals surface area contributed by atoms with Crippen LogP contribution < -0.4 is 11.2 Å². The molecule has 0 aromatic carbocycles. The Morgan fingerprint density at radius 3 is 2.53 bits per heavy atom. The van der Waals surface area contributed by atoms with E-state index in [1.807, 2.05) is 6.92 Å². The van der Waals surface area contributed by atoms with Crippen molar-refractivity contribution in [1.29, 1.82) is 0 Å². The summed E-state index contributed by atoms with van der Waals surface area (Å²) >= 11 is 0. The summed E-state index contributed by atoms with van der Waals surface area (Å²) in [5.41, 5.74) is 0.920. The highest BCUT2D eigenvalue weighted by Gasteiger charge is 2.51. The molecule has 0 spiro atoms. The number of rotatable bonds is 6. The van der Waals surface area contributed by atoms with E-state index in [4.69, 9.17) is 24.2 Å². The van der Waals surface area contributed by atoms with Gasteiger partial charge in [-0.25, -0.2) is 14.4 Å². The van der Waals surface area contributed by atoms with Crippen molar-refractivity contribution in [2.24, 2.45) is 5.92 Å². The molecule has 0 radical (unpaired) electrons. The van der Waals surface area contributed by atoms with Gasteiger partial charge in [0.1, 0.15) is 12.7 Å². The van der Waals surface area contributed by atoms with Gasteiger partial charge in [0.2, 0.25) is 0 Å². The van der Waals surface area contributed by atoms with Crippen molar-refractivity contribution in [3.63, 3.8) is 0 Å². The lowest BCUT2D eigenvalue weighted by Gasteiger charge is -2.25. The number of ether oxygens (including phenoxy) is 4. The molecule has 12 heteroatoms. The molecule has 0 aliphatic carbocycles. The maximum absolute atomic E-state index is 12.3. The molecular formula is C18H21N3O9. The lowest BCUT2D eigenvalue weighted by molar-refractivity contribution is -0.165. The van der Waals surface area contributed by atoms with Gasteiger partial charge in [0, 0.05) is 18.3 Å². The van der Waals surface area contributed by atoms with Gasteiger partial charge >= 0.3 is 23.6 Å². The number of fused-ring (bicyclic) bond motifs is 1. The SMILES string of the molecule is CC[C@@H](C)C(=O)OC[C@H]1O[C@@H](n2ccc(NO)nc2=O)[C@@H]2OC(=O)/C=C\C(=O)O[C@@H]21. The lowest BCUT2D eigenvalue weighted by Crippen LogP contribution is -2.43. The Balaban J connectivity index is 1.90. The van der Waals surface area contributed by atoms with Crippen LogP contribution in [0, 0.1) is 5.92 Å². The maximum Gasteiger partial charge on any atom is 0.351 e. The van der Waals surface area contributed by atoms with E-state index in [2.05, 4.69) is 4.98 Å². The van der Waals surface area contributed by atoms with Crippen molar-refractivity contribution in [2.45, 2.75) is 44.8 Å². The molecule has 2 aliphatic heterocycles. The maximum atomic E-state index is 12.3. The zero-order valence-electron chi connectivity index (χ0n) is 16.2. The van der Waals surface area contributed by atoms with E-state index in [1.54, 1.807) is 12.4 Å². The molecule has 0 unspecified atom stereocenters. The van der Waals surface area contributed by atoms with Gasteiger partial charge in [0.15, 0.2) is 24.3 Å². The quantitative estimate of drug-likeness (QED) is 0.359. The Bertz CT molecular complexity index is 912. The fourth-order valence-electron chi connectivity index (χ4n) is 2.96. The van der Waals surface area contributed by atoms with Gasteiger partial charge in [-0.2, -0.15) is 4.98 Å². The van der Waals surface area contributed by atoms with Crippen molar-refractivity contribution in [1.82, 2.24) is 9.55 Å². The predicted octanol–water partition coefficient (Wildman–Crippen LogP) is -0.0755. The standard InChI is InChI=1S/C18H21N3O9/c1-3-9(2)17(24)27-8-10-14-15(30-13(23)5-4-12(22)29-14)16(28-10)21-7-6-11(20-26)19-18(21)25/h4-7,9-10,14-16,26H,3,8H2,1-2H3,(H,19,20,25)/b5-4-/t9-,10-,14-,15-,16-/m1/s1. The van der Waals surface area contributed by atoms with E-state index < -0.39 is 48.1 Å². The van der Waals surface area contributed by atoms with Crippen LogP contribution in [0.5, 0.6) is 0 Å². The van der Waals surface area contributed by atoms with E-state index >= 15 is 0 Å². The third-order valence-corrected chi connectivity index (χ3v) is 4.77. The smallest absolute Gasteiger partial charge is 0.351 e. The van der Waals surface area contributed by atoms with Crippen LogP contribution in [0.4, 0.5) is 5.82 Å². The van der Waals surface area contributed by atoms with E-state index in [0.717, 1.165) is 16.7 Å². The van der Waals surface area contributed by atoms with Crippen LogP contribution >= 0.6 is 0 Å². The summed E-state index contributed by atoms with van der Waals surface area (Å²) in [6.07, 6.45) is -0.919. The van der Waals surface area contributed by atoms with Gasteiger partial charge in [-0.15, -0.1) is 0 Å². The minimum absolute atomic E-state index is 0.103. The Hall–Kier alpha value is -3.25. The first kappa shape index (κ1) is 21.5. The Labute approximate surface area is 170 Å². The molecule has 1 saturated heterocycles. The highest BCUT2D eigenvalue weighted by atomic mass is 16.7. The zero-order chi connectivity index (χ0) is 21.8. The summed E-state index contributed by atoms with van der Waals surface area (Å²) in [5.74, 6) is -2.55. The van der Waals surface area contributed by atoms with Gasteiger partial charge in [-0.05, 0) is 12.5 Å². The number of nitrogens with one attached hydrogen (secondary N) is 1. The van der Waals surface area contributed by atoms with Crippen molar-refractivity contribution in [3.8, 4) is 0 Å². The number of carbonyl (C=O) groups is 3. The summed E-state index contributed by atoms with van der Waals surface area (Å²) in [7, 11) is 0. The number of nitrogens with zero attached hydrogens (tertiary/aromatic N) is 2. The molecule has 30 heavy (non-hydrogen) atoms. The highest BCUT2D eigenvalue weighted by molar-refractivity contribution is 5.92. The van der Waals surface area contributed by atoms with E-state index in [9.17, 15) is 19.2 Å². The Kier molecular flexibility index (Phi) is 6.47. The second-order valence-electron chi connectivity index (χ2n) is 6.76. The van der Waals surface area contributed by atoms with Gasteiger partial charge in [0.05, 0.1) is 5.92 Å². The average Bonchev–Trinajstić information content (AvgIpc) is 3.04. The molecule has 12 nitrogen and oxygen atoms in total. The van der Waals surface area contributed by atoms with Crippen LogP contribution in [-0.2, 0) is 33.3 Å². The van der Waals surface area contributed by atoms with Gasteiger partial charge in [-0.3, -0.25) is 20.0 Å². The van der Waals surface area contributed by atoms with Crippen molar-refractivity contribution in [3.05, 3.63) is 34.9 Å². The van der Waals surface area contributed by atoms with Crippen LogP contribution in [0.1, 0.15) is 26.5 Å². The molecular weight excluding hydrogens is 402 g/mol. The molecule has 2 aliphatic rings. The van der Waals surface area contributed by atoms with Gasteiger partial charge < -0.3 is 18.9 Å². The van der Waals surface area contributed by atoms with Crippen molar-refractivity contribution >= 4 is 23.7 Å². The van der Waals surface area contributed by atoms with Crippen LogP contribution in [0.25, 0.3) is 0 Å². The van der Waals surface area contributed by atoms with Crippen LogP contribution in [0.3, 0.4) is 0 Å². The van der Waals surface area contributed by atoms with Crippen LogP contribution in [-0.4, -0.2) is 57.6 Å². The fourth-order valence-corrected chi connectivity index (χ4v) is 2.96. The molecule has 1 aromatic rings. The number of hydrogen-bond acceptors (Lipinski definition) is 11. The topological polar surface area (TPSA) is 155 Å².